The molecule has 1 aromatic carbocycles. The van der Waals surface area contributed by atoms with Gasteiger partial charge in [-0.2, -0.15) is 4.98 Å². The van der Waals surface area contributed by atoms with Gasteiger partial charge in [0.2, 0.25) is 11.8 Å². The Morgan fingerprint density at radius 1 is 1.07 bits per heavy atom. The number of carbonyl (C=O) groups excluding carboxylic acids is 2. The minimum atomic E-state index is -0.146. The molecule has 0 saturated heterocycles. The van der Waals surface area contributed by atoms with Crippen molar-refractivity contribution in [3.05, 3.63) is 48.4 Å². The molecule has 28 heavy (non-hydrogen) atoms. The summed E-state index contributed by atoms with van der Waals surface area (Å²) in [4.78, 5) is 31.7. The first-order valence-electron chi connectivity index (χ1n) is 8.63. The Morgan fingerprint density at radius 2 is 1.79 bits per heavy atom. The number of carbonyl (C=O) groups is 2. The molecule has 0 unspecified atom stereocenters. The number of benzene rings is 1. The van der Waals surface area contributed by atoms with Crippen LogP contribution in [0.1, 0.15) is 19.7 Å². The fourth-order valence-electron chi connectivity index (χ4n) is 2.28. The predicted molar refractivity (Wildman–Crippen MR) is 107 cm³/mol. The Labute approximate surface area is 166 Å². The zero-order chi connectivity index (χ0) is 19.9. The number of nitrogens with one attached hydrogen (secondary N) is 2. The third-order valence-electron chi connectivity index (χ3n) is 3.61. The number of anilines is 2. The maximum absolute atomic E-state index is 12.1. The Bertz CT molecular complexity index is 954. The van der Waals surface area contributed by atoms with Crippen LogP contribution >= 0.6 is 11.8 Å². The summed E-state index contributed by atoms with van der Waals surface area (Å²) >= 11 is 1.33. The van der Waals surface area contributed by atoms with Crippen molar-refractivity contribution in [3.63, 3.8) is 0 Å². The van der Waals surface area contributed by atoms with Crippen LogP contribution < -0.4 is 10.6 Å². The summed E-state index contributed by atoms with van der Waals surface area (Å²) in [7, 11) is 0. The van der Waals surface area contributed by atoms with E-state index in [4.69, 9.17) is 4.52 Å². The lowest BCUT2D eigenvalue weighted by Gasteiger charge is -2.07. The monoisotopic (exact) mass is 397 g/mol. The number of hydrogen-bond acceptors (Lipinski definition) is 7. The van der Waals surface area contributed by atoms with Crippen LogP contribution in [-0.2, 0) is 16.0 Å². The van der Waals surface area contributed by atoms with E-state index in [-0.39, 0.29) is 17.6 Å². The second-order valence-electron chi connectivity index (χ2n) is 5.85. The molecule has 0 saturated carbocycles. The average molecular weight is 397 g/mol. The number of rotatable bonds is 7. The molecule has 2 N–H and O–H groups in total. The number of hydrogen-bond donors (Lipinski definition) is 2. The lowest BCUT2D eigenvalue weighted by Crippen LogP contribution is -2.14. The van der Waals surface area contributed by atoms with E-state index in [0.29, 0.717) is 29.5 Å². The van der Waals surface area contributed by atoms with Crippen molar-refractivity contribution < 1.29 is 14.1 Å². The third kappa shape index (κ3) is 5.40. The highest BCUT2D eigenvalue weighted by molar-refractivity contribution is 7.99. The van der Waals surface area contributed by atoms with Crippen molar-refractivity contribution in [1.82, 2.24) is 15.1 Å². The molecular weight excluding hydrogens is 378 g/mol. The van der Waals surface area contributed by atoms with Crippen LogP contribution in [0.4, 0.5) is 11.4 Å². The normalized spacial score (nSPS) is 10.5. The molecular formula is C19H19N5O3S. The van der Waals surface area contributed by atoms with E-state index in [1.807, 2.05) is 19.1 Å². The molecule has 9 heteroatoms. The van der Waals surface area contributed by atoms with E-state index in [2.05, 4.69) is 25.8 Å². The molecule has 8 nitrogen and oxygen atoms in total. The molecule has 0 radical (unpaired) electrons. The first-order chi connectivity index (χ1) is 13.5. The maximum Gasteiger partial charge on any atom is 0.259 e. The Balaban J connectivity index is 1.50. The number of thioether (sulfide) groups is 1. The van der Waals surface area contributed by atoms with Crippen molar-refractivity contribution >= 4 is 35.0 Å². The Morgan fingerprint density at radius 3 is 2.36 bits per heavy atom. The SMILES string of the molecule is CCc1noc(-c2ccc(SCC(=O)Nc3ccc(NC(C)=O)cc3)nc2)n1. The van der Waals surface area contributed by atoms with Gasteiger partial charge in [0.05, 0.1) is 16.3 Å². The smallest absolute Gasteiger partial charge is 0.259 e. The van der Waals surface area contributed by atoms with Crippen molar-refractivity contribution in [3.8, 4) is 11.5 Å². The molecule has 144 valence electrons. The van der Waals surface area contributed by atoms with E-state index in [9.17, 15) is 9.59 Å². The van der Waals surface area contributed by atoms with Gasteiger partial charge in [0.1, 0.15) is 0 Å². The van der Waals surface area contributed by atoms with E-state index >= 15 is 0 Å². The molecule has 0 aliphatic rings. The molecule has 0 bridgehead atoms. The fraction of sp³-hybridized carbons (Fsp3) is 0.211. The van der Waals surface area contributed by atoms with Gasteiger partial charge in [0, 0.05) is 30.9 Å². The van der Waals surface area contributed by atoms with Gasteiger partial charge in [0.25, 0.3) is 5.89 Å². The van der Waals surface area contributed by atoms with Crippen LogP contribution in [0.3, 0.4) is 0 Å². The van der Waals surface area contributed by atoms with Crippen LogP contribution in [0.2, 0.25) is 0 Å². The van der Waals surface area contributed by atoms with Crippen LogP contribution in [0.5, 0.6) is 0 Å². The molecule has 0 atom stereocenters. The highest BCUT2D eigenvalue weighted by Gasteiger charge is 2.09. The highest BCUT2D eigenvalue weighted by Crippen LogP contribution is 2.21. The minimum Gasteiger partial charge on any atom is -0.334 e. The minimum absolute atomic E-state index is 0.142. The molecule has 2 heterocycles. The van der Waals surface area contributed by atoms with Crippen LogP contribution in [0, 0.1) is 0 Å². The lowest BCUT2D eigenvalue weighted by atomic mass is 10.3. The molecule has 0 fully saturated rings. The second kappa shape index (κ2) is 9.14. The number of nitrogens with zero attached hydrogens (tertiary/aromatic N) is 3. The Kier molecular flexibility index (Phi) is 6.38. The van der Waals surface area contributed by atoms with Gasteiger partial charge in [-0.1, -0.05) is 23.8 Å². The zero-order valence-corrected chi connectivity index (χ0v) is 16.2. The fourth-order valence-corrected chi connectivity index (χ4v) is 2.93. The van der Waals surface area contributed by atoms with Crippen molar-refractivity contribution in [2.45, 2.75) is 25.3 Å². The van der Waals surface area contributed by atoms with Crippen LogP contribution in [0.15, 0.2) is 52.1 Å². The van der Waals surface area contributed by atoms with Gasteiger partial charge in [-0.3, -0.25) is 9.59 Å². The van der Waals surface area contributed by atoms with Gasteiger partial charge in [-0.05, 0) is 36.4 Å². The highest BCUT2D eigenvalue weighted by atomic mass is 32.2. The topological polar surface area (TPSA) is 110 Å². The molecule has 2 aromatic heterocycles. The average Bonchev–Trinajstić information content (AvgIpc) is 3.17. The van der Waals surface area contributed by atoms with Crippen molar-refractivity contribution in [1.29, 1.82) is 0 Å². The quantitative estimate of drug-likeness (QED) is 0.588. The third-order valence-corrected chi connectivity index (χ3v) is 4.55. The first kappa shape index (κ1) is 19.6. The molecule has 3 aromatic rings. The summed E-state index contributed by atoms with van der Waals surface area (Å²) in [6.07, 6.45) is 2.35. The summed E-state index contributed by atoms with van der Waals surface area (Å²) in [5.41, 5.74) is 2.07. The maximum atomic E-state index is 12.1. The molecule has 3 rings (SSSR count). The predicted octanol–water partition coefficient (Wildman–Crippen LogP) is 3.38. The van der Waals surface area contributed by atoms with Gasteiger partial charge in [-0.15, -0.1) is 0 Å². The lowest BCUT2D eigenvalue weighted by molar-refractivity contribution is -0.114. The summed E-state index contributed by atoms with van der Waals surface area (Å²) in [6, 6.07) is 10.6. The summed E-state index contributed by atoms with van der Waals surface area (Å²) in [6.45, 7) is 3.40. The van der Waals surface area contributed by atoms with E-state index in [1.165, 1.54) is 18.7 Å². The number of amides is 2. The summed E-state index contributed by atoms with van der Waals surface area (Å²) in [5.74, 6) is 1.01. The molecule has 0 aliphatic carbocycles. The van der Waals surface area contributed by atoms with Gasteiger partial charge in [0.15, 0.2) is 5.82 Å². The number of pyridine rings is 1. The first-order valence-corrected chi connectivity index (χ1v) is 9.61. The largest absolute Gasteiger partial charge is 0.334 e. The number of aromatic nitrogens is 3. The van der Waals surface area contributed by atoms with Crippen LogP contribution in [-0.4, -0.2) is 32.7 Å². The van der Waals surface area contributed by atoms with Gasteiger partial charge in [-0.25, -0.2) is 4.98 Å². The van der Waals surface area contributed by atoms with Gasteiger partial charge >= 0.3 is 0 Å². The summed E-state index contributed by atoms with van der Waals surface area (Å²) in [5, 5.41) is 10.1. The Hall–Kier alpha value is -3.20. The summed E-state index contributed by atoms with van der Waals surface area (Å²) < 4.78 is 5.18. The second-order valence-corrected chi connectivity index (χ2v) is 6.85. The standard InChI is InChI=1S/C19H19N5O3S/c1-3-16-23-19(27-24-16)13-4-9-18(20-10-13)28-11-17(26)22-15-7-5-14(6-8-15)21-12(2)25/h4-10H,3,11H2,1-2H3,(H,21,25)(H,22,26). The molecule has 0 aliphatic heterocycles. The van der Waals surface area contributed by atoms with E-state index < -0.39 is 0 Å². The van der Waals surface area contributed by atoms with Crippen molar-refractivity contribution in [2.75, 3.05) is 16.4 Å². The number of aryl methyl sites for hydroxylation is 1. The van der Waals surface area contributed by atoms with E-state index in [0.717, 1.165) is 10.6 Å². The van der Waals surface area contributed by atoms with E-state index in [1.54, 1.807) is 30.5 Å². The van der Waals surface area contributed by atoms with Gasteiger partial charge < -0.3 is 15.2 Å². The molecule has 0 spiro atoms. The van der Waals surface area contributed by atoms with Crippen molar-refractivity contribution in [2.24, 2.45) is 0 Å². The zero-order valence-electron chi connectivity index (χ0n) is 15.4. The molecule has 2 amide bonds. The van der Waals surface area contributed by atoms with Crippen LogP contribution in [0.25, 0.3) is 11.5 Å².